The van der Waals surface area contributed by atoms with Crippen LogP contribution in [-0.4, -0.2) is 18.0 Å². The number of ether oxygens (including phenoxy) is 1. The van der Waals surface area contributed by atoms with E-state index in [2.05, 4.69) is 6.92 Å². The summed E-state index contributed by atoms with van der Waals surface area (Å²) in [6.07, 6.45) is 6.34. The summed E-state index contributed by atoms with van der Waals surface area (Å²) in [4.78, 5) is 0. The number of hydrogen-bond donors (Lipinski definition) is 1. The normalized spacial score (nSPS) is 13.2. The first-order valence-corrected chi connectivity index (χ1v) is 5.11. The first-order valence-electron chi connectivity index (χ1n) is 5.11. The van der Waals surface area contributed by atoms with E-state index >= 15 is 0 Å². The van der Waals surface area contributed by atoms with Crippen LogP contribution in [0.25, 0.3) is 0 Å². The molecule has 0 saturated heterocycles. The summed E-state index contributed by atoms with van der Waals surface area (Å²) in [5.41, 5.74) is 0. The van der Waals surface area contributed by atoms with Crippen LogP contribution >= 0.6 is 0 Å². The Morgan fingerprint density at radius 2 is 1.75 bits per heavy atom. The van der Waals surface area contributed by atoms with Crippen molar-refractivity contribution in [2.75, 3.05) is 6.61 Å². The van der Waals surface area contributed by atoms with Gasteiger partial charge in [-0.3, -0.25) is 0 Å². The molecule has 1 N–H and O–H groups in total. The molecular weight excluding hydrogens is 152 g/mol. The average molecular weight is 174 g/mol. The Kier molecular flexibility index (Phi) is 8.95. The summed E-state index contributed by atoms with van der Waals surface area (Å²) in [5.74, 6) is 0. The monoisotopic (exact) mass is 174 g/mol. The third-order valence-corrected chi connectivity index (χ3v) is 1.91. The number of unbranched alkanes of at least 4 members (excludes halogenated alkanes) is 4. The largest absolute Gasteiger partial charge is 0.368 e. The molecule has 0 aromatic heterocycles. The van der Waals surface area contributed by atoms with Crippen LogP contribution < -0.4 is 0 Å². The lowest BCUT2D eigenvalue weighted by Gasteiger charge is -2.08. The topological polar surface area (TPSA) is 29.5 Å². The van der Waals surface area contributed by atoms with Gasteiger partial charge in [-0.05, 0) is 12.8 Å². The van der Waals surface area contributed by atoms with Crippen LogP contribution in [0.15, 0.2) is 0 Å². The molecule has 1 unspecified atom stereocenters. The first-order chi connectivity index (χ1) is 5.81. The number of aliphatic hydroxyl groups is 1. The van der Waals surface area contributed by atoms with E-state index in [9.17, 15) is 0 Å². The van der Waals surface area contributed by atoms with Gasteiger partial charge in [-0.25, -0.2) is 0 Å². The second kappa shape index (κ2) is 9.01. The molecule has 0 radical (unpaired) electrons. The summed E-state index contributed by atoms with van der Waals surface area (Å²) < 4.78 is 5.13. The highest BCUT2D eigenvalue weighted by Gasteiger charge is 1.98. The molecule has 0 amide bonds. The van der Waals surface area contributed by atoms with E-state index in [0.29, 0.717) is 13.0 Å². The Labute approximate surface area is 75.9 Å². The molecule has 12 heavy (non-hydrogen) atoms. The summed E-state index contributed by atoms with van der Waals surface area (Å²) >= 11 is 0. The van der Waals surface area contributed by atoms with Gasteiger partial charge in [-0.15, -0.1) is 0 Å². The highest BCUT2D eigenvalue weighted by atomic mass is 16.6. The van der Waals surface area contributed by atoms with Crippen LogP contribution in [0.3, 0.4) is 0 Å². The van der Waals surface area contributed by atoms with Gasteiger partial charge < -0.3 is 9.84 Å². The highest BCUT2D eigenvalue weighted by molar-refractivity contribution is 4.42. The fraction of sp³-hybridized carbons (Fsp3) is 1.00. The Balaban J connectivity index is 2.90. The molecule has 0 heterocycles. The van der Waals surface area contributed by atoms with E-state index in [1.807, 2.05) is 6.92 Å². The van der Waals surface area contributed by atoms with Gasteiger partial charge in [0.05, 0.1) is 0 Å². The van der Waals surface area contributed by atoms with Gasteiger partial charge in [-0.1, -0.05) is 39.5 Å². The zero-order valence-electron chi connectivity index (χ0n) is 8.38. The van der Waals surface area contributed by atoms with Crippen LogP contribution in [0, 0.1) is 0 Å². The van der Waals surface area contributed by atoms with E-state index in [1.165, 1.54) is 25.7 Å². The molecule has 0 fully saturated rings. The molecule has 0 bridgehead atoms. The molecule has 0 rings (SSSR count). The van der Waals surface area contributed by atoms with Crippen LogP contribution in [-0.2, 0) is 4.74 Å². The maximum atomic E-state index is 9.04. The zero-order chi connectivity index (χ0) is 9.23. The van der Waals surface area contributed by atoms with Crippen molar-refractivity contribution in [3.8, 4) is 0 Å². The molecule has 2 heteroatoms. The highest BCUT2D eigenvalue weighted by Crippen LogP contribution is 2.03. The SMILES string of the molecule is CCCCCCCOC(O)CC. The average Bonchev–Trinajstić information content (AvgIpc) is 2.10. The van der Waals surface area contributed by atoms with Crippen LogP contribution in [0.1, 0.15) is 52.4 Å². The number of rotatable bonds is 8. The van der Waals surface area contributed by atoms with Gasteiger partial charge in [0.2, 0.25) is 0 Å². The van der Waals surface area contributed by atoms with Crippen molar-refractivity contribution in [2.24, 2.45) is 0 Å². The van der Waals surface area contributed by atoms with Crippen molar-refractivity contribution in [3.05, 3.63) is 0 Å². The zero-order valence-corrected chi connectivity index (χ0v) is 8.38. The molecule has 0 aliphatic heterocycles. The first kappa shape index (κ1) is 11.9. The van der Waals surface area contributed by atoms with E-state index < -0.39 is 6.29 Å². The molecule has 0 aliphatic carbocycles. The van der Waals surface area contributed by atoms with Gasteiger partial charge in [0.1, 0.15) is 0 Å². The number of aliphatic hydroxyl groups excluding tert-OH is 1. The van der Waals surface area contributed by atoms with Gasteiger partial charge in [0.25, 0.3) is 0 Å². The predicted molar refractivity (Wildman–Crippen MR) is 51.0 cm³/mol. The molecule has 0 saturated carbocycles. The molecule has 0 aromatic rings. The molecule has 1 atom stereocenters. The second-order valence-corrected chi connectivity index (χ2v) is 3.15. The fourth-order valence-electron chi connectivity index (χ4n) is 1.04. The van der Waals surface area contributed by atoms with Crippen LogP contribution in [0.5, 0.6) is 0 Å². The lowest BCUT2D eigenvalue weighted by atomic mass is 10.2. The van der Waals surface area contributed by atoms with Crippen molar-refractivity contribution in [1.82, 2.24) is 0 Å². The van der Waals surface area contributed by atoms with Crippen molar-refractivity contribution in [2.45, 2.75) is 58.7 Å². The van der Waals surface area contributed by atoms with Crippen molar-refractivity contribution >= 4 is 0 Å². The molecule has 0 aliphatic rings. The minimum absolute atomic E-state index is 0.545. The molecular formula is C10H22O2. The standard InChI is InChI=1S/C10H22O2/c1-3-5-6-7-8-9-12-10(11)4-2/h10-11H,3-9H2,1-2H3. The second-order valence-electron chi connectivity index (χ2n) is 3.15. The minimum Gasteiger partial charge on any atom is -0.368 e. The summed E-state index contributed by atoms with van der Waals surface area (Å²) in [7, 11) is 0. The predicted octanol–water partition coefficient (Wildman–Crippen LogP) is 2.70. The van der Waals surface area contributed by atoms with Crippen LogP contribution in [0.2, 0.25) is 0 Å². The summed E-state index contributed by atoms with van der Waals surface area (Å²) in [5, 5.41) is 9.04. The van der Waals surface area contributed by atoms with Crippen molar-refractivity contribution in [3.63, 3.8) is 0 Å². The number of hydrogen-bond acceptors (Lipinski definition) is 2. The van der Waals surface area contributed by atoms with E-state index in [4.69, 9.17) is 9.84 Å². The maximum Gasteiger partial charge on any atom is 0.154 e. The van der Waals surface area contributed by atoms with Gasteiger partial charge in [0.15, 0.2) is 6.29 Å². The van der Waals surface area contributed by atoms with E-state index in [-0.39, 0.29) is 0 Å². The van der Waals surface area contributed by atoms with Gasteiger partial charge >= 0.3 is 0 Å². The quantitative estimate of drug-likeness (QED) is 0.453. The van der Waals surface area contributed by atoms with E-state index in [1.54, 1.807) is 0 Å². The molecule has 0 aromatic carbocycles. The third-order valence-electron chi connectivity index (χ3n) is 1.91. The van der Waals surface area contributed by atoms with Gasteiger partial charge in [0, 0.05) is 6.61 Å². The Morgan fingerprint density at radius 3 is 2.33 bits per heavy atom. The fourth-order valence-corrected chi connectivity index (χ4v) is 1.04. The summed E-state index contributed by atoms with van der Waals surface area (Å²) in [6.45, 7) is 4.83. The minimum atomic E-state index is -0.545. The molecule has 2 nitrogen and oxygen atoms in total. The maximum absolute atomic E-state index is 9.04. The van der Waals surface area contributed by atoms with Crippen LogP contribution in [0.4, 0.5) is 0 Å². The Morgan fingerprint density at radius 1 is 1.08 bits per heavy atom. The Hall–Kier alpha value is -0.0800. The third kappa shape index (κ3) is 8.02. The van der Waals surface area contributed by atoms with Crippen molar-refractivity contribution < 1.29 is 9.84 Å². The smallest absolute Gasteiger partial charge is 0.154 e. The molecule has 74 valence electrons. The van der Waals surface area contributed by atoms with Gasteiger partial charge in [-0.2, -0.15) is 0 Å². The Bertz CT molecular complexity index is 83.9. The van der Waals surface area contributed by atoms with E-state index in [0.717, 1.165) is 6.42 Å². The summed E-state index contributed by atoms with van der Waals surface area (Å²) in [6, 6.07) is 0. The van der Waals surface area contributed by atoms with Crippen molar-refractivity contribution in [1.29, 1.82) is 0 Å². The molecule has 0 spiro atoms. The lowest BCUT2D eigenvalue weighted by Crippen LogP contribution is -2.10. The lowest BCUT2D eigenvalue weighted by molar-refractivity contribution is -0.101.